The molecule has 0 saturated carbocycles. The van der Waals surface area contributed by atoms with Crippen molar-refractivity contribution in [1.29, 1.82) is 0 Å². The van der Waals surface area contributed by atoms with E-state index in [-0.39, 0.29) is 0 Å². The zero-order valence-electron chi connectivity index (χ0n) is 10.5. The maximum atomic E-state index is 5.65. The summed E-state index contributed by atoms with van der Waals surface area (Å²) in [6.45, 7) is 5.39. The van der Waals surface area contributed by atoms with Gasteiger partial charge >= 0.3 is 0 Å². The molecular formula is C14H19NO2. The van der Waals surface area contributed by atoms with E-state index < -0.39 is 0 Å². The van der Waals surface area contributed by atoms with E-state index in [0.717, 1.165) is 23.5 Å². The molecule has 2 N–H and O–H groups in total. The third kappa shape index (κ3) is 4.38. The molecule has 0 bridgehead atoms. The highest BCUT2D eigenvalue weighted by molar-refractivity contribution is 5.40. The van der Waals surface area contributed by atoms with Crippen LogP contribution in [0.3, 0.4) is 0 Å². The second-order valence-corrected chi connectivity index (χ2v) is 3.54. The van der Waals surface area contributed by atoms with Gasteiger partial charge in [-0.15, -0.1) is 5.92 Å². The molecule has 0 unspecified atom stereocenters. The van der Waals surface area contributed by atoms with Crippen molar-refractivity contribution in [1.82, 2.24) is 0 Å². The Morgan fingerprint density at radius 2 is 2.12 bits per heavy atom. The molecular weight excluding hydrogens is 214 g/mol. The molecule has 17 heavy (non-hydrogen) atoms. The molecule has 0 saturated heterocycles. The first kappa shape index (κ1) is 13.4. The molecule has 0 atom stereocenters. The van der Waals surface area contributed by atoms with Crippen LogP contribution in [-0.4, -0.2) is 13.2 Å². The Balaban J connectivity index is 2.77. The molecule has 0 aromatic heterocycles. The van der Waals surface area contributed by atoms with Gasteiger partial charge in [0.05, 0.1) is 6.61 Å². The predicted molar refractivity (Wildman–Crippen MR) is 69.1 cm³/mol. The molecule has 0 aliphatic heterocycles. The fraction of sp³-hybridized carbons (Fsp3) is 0.429. The van der Waals surface area contributed by atoms with Crippen LogP contribution in [0.4, 0.5) is 0 Å². The van der Waals surface area contributed by atoms with Crippen molar-refractivity contribution in [3.8, 4) is 23.3 Å². The summed E-state index contributed by atoms with van der Waals surface area (Å²) in [6.07, 6.45) is 0.982. The Labute approximate surface area is 103 Å². The summed E-state index contributed by atoms with van der Waals surface area (Å²) in [5.74, 6) is 7.21. The Bertz CT molecular complexity index is 404. The number of hydrogen-bond donors (Lipinski definition) is 1. The first-order chi connectivity index (χ1) is 8.31. The fourth-order valence-corrected chi connectivity index (χ4v) is 1.33. The number of benzene rings is 1. The number of ether oxygens (including phenoxy) is 2. The highest BCUT2D eigenvalue weighted by Gasteiger charge is 2.04. The molecule has 1 aromatic carbocycles. The van der Waals surface area contributed by atoms with Gasteiger partial charge in [0, 0.05) is 18.2 Å². The van der Waals surface area contributed by atoms with E-state index in [2.05, 4.69) is 18.8 Å². The van der Waals surface area contributed by atoms with Gasteiger partial charge in [-0.25, -0.2) is 0 Å². The maximum absolute atomic E-state index is 5.65. The first-order valence-electron chi connectivity index (χ1n) is 5.80. The van der Waals surface area contributed by atoms with E-state index in [1.807, 2.05) is 18.2 Å². The minimum Gasteiger partial charge on any atom is -0.493 e. The van der Waals surface area contributed by atoms with Crippen LogP contribution in [-0.2, 0) is 6.54 Å². The normalized spacial score (nSPS) is 9.35. The summed E-state index contributed by atoms with van der Waals surface area (Å²) in [5.41, 5.74) is 6.61. The Kier molecular flexibility index (Phi) is 5.98. The van der Waals surface area contributed by atoms with Gasteiger partial charge in [-0.05, 0) is 19.4 Å². The molecule has 92 valence electrons. The monoisotopic (exact) mass is 233 g/mol. The topological polar surface area (TPSA) is 44.5 Å². The summed E-state index contributed by atoms with van der Waals surface area (Å²) in [5, 5.41) is 0. The Hall–Kier alpha value is -1.66. The van der Waals surface area contributed by atoms with E-state index in [1.165, 1.54) is 0 Å². The van der Waals surface area contributed by atoms with Gasteiger partial charge in [0.25, 0.3) is 0 Å². The second-order valence-electron chi connectivity index (χ2n) is 3.54. The van der Waals surface area contributed by atoms with Gasteiger partial charge in [-0.1, -0.05) is 18.9 Å². The molecule has 0 spiro atoms. The van der Waals surface area contributed by atoms with Gasteiger partial charge in [-0.2, -0.15) is 0 Å². The second kappa shape index (κ2) is 7.59. The molecule has 0 amide bonds. The van der Waals surface area contributed by atoms with Crippen LogP contribution in [0.1, 0.15) is 25.8 Å². The maximum Gasteiger partial charge on any atom is 0.149 e. The molecule has 0 aliphatic rings. The number of nitrogens with two attached hydrogens (primary N) is 1. The highest BCUT2D eigenvalue weighted by atomic mass is 16.5. The lowest BCUT2D eigenvalue weighted by atomic mass is 10.2. The zero-order chi connectivity index (χ0) is 12.5. The quantitative estimate of drug-likeness (QED) is 0.767. The van der Waals surface area contributed by atoms with Gasteiger partial charge in [0.15, 0.2) is 0 Å². The molecule has 1 rings (SSSR count). The average Bonchev–Trinajstić information content (AvgIpc) is 2.37. The van der Waals surface area contributed by atoms with Crippen molar-refractivity contribution in [3.05, 3.63) is 23.8 Å². The van der Waals surface area contributed by atoms with Crippen molar-refractivity contribution in [3.63, 3.8) is 0 Å². The Morgan fingerprint density at radius 1 is 1.29 bits per heavy atom. The summed E-state index contributed by atoms with van der Waals surface area (Å²) in [4.78, 5) is 0. The standard InChI is InChI=1S/C14H19NO2/c1-3-5-9-17-14-10-13(16-8-4-2)7-6-12(14)11-15/h6-7,10H,4,8-9,11,15H2,1-2H3. The Morgan fingerprint density at radius 3 is 2.76 bits per heavy atom. The van der Waals surface area contributed by atoms with Crippen LogP contribution in [0.2, 0.25) is 0 Å². The van der Waals surface area contributed by atoms with Gasteiger partial charge in [0.1, 0.15) is 18.1 Å². The summed E-state index contributed by atoms with van der Waals surface area (Å²) >= 11 is 0. The largest absolute Gasteiger partial charge is 0.493 e. The van der Waals surface area contributed by atoms with Crippen LogP contribution in [0, 0.1) is 11.8 Å². The van der Waals surface area contributed by atoms with Crippen molar-refractivity contribution in [2.75, 3.05) is 13.2 Å². The van der Waals surface area contributed by atoms with E-state index in [4.69, 9.17) is 15.2 Å². The zero-order valence-corrected chi connectivity index (χ0v) is 10.5. The third-order valence-electron chi connectivity index (χ3n) is 2.21. The van der Waals surface area contributed by atoms with E-state index in [1.54, 1.807) is 6.92 Å². The minimum absolute atomic E-state index is 0.376. The van der Waals surface area contributed by atoms with E-state index >= 15 is 0 Å². The molecule has 0 aliphatic carbocycles. The van der Waals surface area contributed by atoms with Crippen LogP contribution >= 0.6 is 0 Å². The predicted octanol–water partition coefficient (Wildman–Crippen LogP) is 2.34. The van der Waals surface area contributed by atoms with Gasteiger partial charge in [0.2, 0.25) is 0 Å². The van der Waals surface area contributed by atoms with Crippen LogP contribution < -0.4 is 15.2 Å². The minimum atomic E-state index is 0.376. The number of hydrogen-bond acceptors (Lipinski definition) is 3. The lowest BCUT2D eigenvalue weighted by Crippen LogP contribution is -2.04. The summed E-state index contributed by atoms with van der Waals surface area (Å²) in [6, 6.07) is 5.71. The van der Waals surface area contributed by atoms with Gasteiger partial charge in [-0.3, -0.25) is 0 Å². The third-order valence-corrected chi connectivity index (χ3v) is 2.21. The first-order valence-corrected chi connectivity index (χ1v) is 5.80. The van der Waals surface area contributed by atoms with Crippen LogP contribution in [0.25, 0.3) is 0 Å². The molecule has 0 heterocycles. The lowest BCUT2D eigenvalue weighted by molar-refractivity contribution is 0.312. The van der Waals surface area contributed by atoms with Crippen molar-refractivity contribution < 1.29 is 9.47 Å². The average molecular weight is 233 g/mol. The van der Waals surface area contributed by atoms with E-state index in [9.17, 15) is 0 Å². The van der Waals surface area contributed by atoms with Crippen LogP contribution in [0.15, 0.2) is 18.2 Å². The van der Waals surface area contributed by atoms with E-state index in [0.29, 0.717) is 19.8 Å². The SMILES string of the molecule is CC#CCOc1cc(OCCC)ccc1CN. The molecule has 3 heteroatoms. The smallest absolute Gasteiger partial charge is 0.149 e. The van der Waals surface area contributed by atoms with Crippen molar-refractivity contribution in [2.45, 2.75) is 26.8 Å². The summed E-state index contributed by atoms with van der Waals surface area (Å²) in [7, 11) is 0. The fourth-order valence-electron chi connectivity index (χ4n) is 1.33. The molecule has 0 radical (unpaired) electrons. The lowest BCUT2D eigenvalue weighted by Gasteiger charge is -2.11. The van der Waals surface area contributed by atoms with Crippen molar-refractivity contribution >= 4 is 0 Å². The van der Waals surface area contributed by atoms with Crippen molar-refractivity contribution in [2.24, 2.45) is 5.73 Å². The molecule has 1 aromatic rings. The summed E-state index contributed by atoms with van der Waals surface area (Å²) < 4.78 is 11.1. The molecule has 3 nitrogen and oxygen atoms in total. The van der Waals surface area contributed by atoms with Gasteiger partial charge < -0.3 is 15.2 Å². The molecule has 0 fully saturated rings. The van der Waals surface area contributed by atoms with Crippen LogP contribution in [0.5, 0.6) is 11.5 Å². The highest BCUT2D eigenvalue weighted by Crippen LogP contribution is 2.24. The number of rotatable bonds is 6.